The Hall–Kier alpha value is -1.69. The van der Waals surface area contributed by atoms with Crippen LogP contribution in [-0.2, 0) is 10.5 Å². The molecule has 0 saturated heterocycles. The van der Waals surface area contributed by atoms with Gasteiger partial charge in [0.2, 0.25) is 0 Å². The van der Waals surface area contributed by atoms with E-state index in [1.54, 1.807) is 0 Å². The number of phenols is 1. The molecule has 0 unspecified atom stereocenters. The van der Waals surface area contributed by atoms with Crippen molar-refractivity contribution in [3.05, 3.63) is 29.8 Å². The van der Waals surface area contributed by atoms with Crippen LogP contribution in [0.4, 0.5) is 0 Å². The fraction of sp³-hybridized carbons (Fsp3) is 0. The van der Waals surface area contributed by atoms with Crippen molar-refractivity contribution in [1.82, 2.24) is 0 Å². The lowest BCUT2D eigenvalue weighted by atomic mass is 10.2. The predicted molar refractivity (Wildman–Crippen MR) is 43.8 cm³/mol. The monoisotopic (exact) mass is 199 g/mol. The van der Waals surface area contributed by atoms with Gasteiger partial charge < -0.3 is 5.11 Å². The molecule has 1 aromatic carbocycles. The number of para-hydroxylation sites is 1. The largest absolute Gasteiger partial charge is 0.507 e. The summed E-state index contributed by atoms with van der Waals surface area (Å²) < 4.78 is 22.8. The zero-order valence-corrected chi connectivity index (χ0v) is 7.15. The van der Waals surface area contributed by atoms with Crippen LogP contribution < -0.4 is 0 Å². The Morgan fingerprint density at radius 1 is 1.31 bits per heavy atom. The first-order valence-electron chi connectivity index (χ1n) is 3.24. The standard InChI is InChI=1S/C7H5NO4S/c9-6-4-2-1-3-5(6)7(10)8-13(11)12/h1-4,9H. The van der Waals surface area contributed by atoms with Crippen molar-refractivity contribution < 1.29 is 18.3 Å². The summed E-state index contributed by atoms with van der Waals surface area (Å²) in [6, 6.07) is 5.57. The average Bonchev–Trinajstić information content (AvgIpc) is 2.03. The van der Waals surface area contributed by atoms with Crippen LogP contribution >= 0.6 is 0 Å². The molecule has 0 heterocycles. The van der Waals surface area contributed by atoms with Crippen molar-refractivity contribution in [3.8, 4) is 5.75 Å². The highest BCUT2D eigenvalue weighted by molar-refractivity contribution is 7.62. The number of phenolic OH excluding ortho intramolecular Hbond substituents is 1. The van der Waals surface area contributed by atoms with E-state index in [0.717, 1.165) is 0 Å². The van der Waals surface area contributed by atoms with Crippen LogP contribution in [0.2, 0.25) is 0 Å². The molecule has 0 bridgehead atoms. The molecule has 0 aromatic heterocycles. The topological polar surface area (TPSA) is 83.8 Å². The molecule has 0 spiro atoms. The summed E-state index contributed by atoms with van der Waals surface area (Å²) >= 11 is 0. The molecule has 1 rings (SSSR count). The number of hydrogen-bond donors (Lipinski definition) is 1. The van der Waals surface area contributed by atoms with Gasteiger partial charge in [0.05, 0.1) is 5.56 Å². The van der Waals surface area contributed by atoms with E-state index in [0.29, 0.717) is 0 Å². The maximum absolute atomic E-state index is 11.0. The van der Waals surface area contributed by atoms with Gasteiger partial charge >= 0.3 is 10.5 Å². The zero-order valence-electron chi connectivity index (χ0n) is 6.34. The third kappa shape index (κ3) is 2.38. The number of hydrogen-bond acceptors (Lipinski definition) is 4. The number of aromatic hydroxyl groups is 1. The van der Waals surface area contributed by atoms with E-state index in [2.05, 4.69) is 4.36 Å². The third-order valence-electron chi connectivity index (χ3n) is 1.29. The Morgan fingerprint density at radius 3 is 2.46 bits per heavy atom. The van der Waals surface area contributed by atoms with Crippen molar-refractivity contribution in [2.75, 3.05) is 0 Å². The van der Waals surface area contributed by atoms with E-state index in [-0.39, 0.29) is 11.3 Å². The number of nitrogens with zero attached hydrogens (tertiary/aromatic N) is 1. The second-order valence-electron chi connectivity index (χ2n) is 2.13. The van der Waals surface area contributed by atoms with Gasteiger partial charge in [-0.25, -0.2) is 0 Å². The molecule has 1 N–H and O–H groups in total. The summed E-state index contributed by atoms with van der Waals surface area (Å²) in [4.78, 5) is 11.0. The molecule has 0 saturated carbocycles. The molecule has 0 aliphatic carbocycles. The smallest absolute Gasteiger partial charge is 0.319 e. The van der Waals surface area contributed by atoms with Crippen molar-refractivity contribution in [2.45, 2.75) is 0 Å². The highest BCUT2D eigenvalue weighted by atomic mass is 32.2. The van der Waals surface area contributed by atoms with Crippen LogP contribution in [0.5, 0.6) is 5.75 Å². The second-order valence-corrected chi connectivity index (χ2v) is 2.75. The van der Waals surface area contributed by atoms with Gasteiger partial charge in [0.25, 0.3) is 5.91 Å². The molecule has 13 heavy (non-hydrogen) atoms. The lowest BCUT2D eigenvalue weighted by Gasteiger charge is -1.95. The lowest BCUT2D eigenvalue weighted by molar-refractivity contribution is 0.100. The zero-order chi connectivity index (χ0) is 9.84. The van der Waals surface area contributed by atoms with Crippen molar-refractivity contribution >= 4 is 16.4 Å². The van der Waals surface area contributed by atoms with E-state index in [1.807, 2.05) is 0 Å². The molecule has 0 fully saturated rings. The number of carbonyl (C=O) groups excluding carboxylic acids is 1. The lowest BCUT2D eigenvalue weighted by Crippen LogP contribution is -1.93. The molecular weight excluding hydrogens is 194 g/mol. The van der Waals surface area contributed by atoms with Crippen LogP contribution in [-0.4, -0.2) is 19.4 Å². The van der Waals surface area contributed by atoms with Gasteiger partial charge in [0, 0.05) is 0 Å². The van der Waals surface area contributed by atoms with Gasteiger partial charge in [-0.3, -0.25) is 4.79 Å². The molecule has 0 aliphatic heterocycles. The van der Waals surface area contributed by atoms with Gasteiger partial charge in [0.15, 0.2) is 0 Å². The minimum atomic E-state index is -2.79. The highest BCUT2D eigenvalue weighted by Gasteiger charge is 2.08. The molecule has 68 valence electrons. The molecule has 5 nitrogen and oxygen atoms in total. The molecule has 1 amide bonds. The minimum absolute atomic E-state index is 0.133. The Bertz CT molecular complexity index is 455. The maximum atomic E-state index is 11.0. The Kier molecular flexibility index (Phi) is 2.76. The van der Waals surface area contributed by atoms with E-state index in [4.69, 9.17) is 5.11 Å². The number of rotatable bonds is 1. The van der Waals surface area contributed by atoms with Gasteiger partial charge in [-0.2, -0.15) is 8.42 Å². The van der Waals surface area contributed by atoms with Crippen molar-refractivity contribution in [1.29, 1.82) is 0 Å². The van der Waals surface area contributed by atoms with E-state index in [9.17, 15) is 13.2 Å². The molecule has 0 atom stereocenters. The first-order chi connectivity index (χ1) is 6.11. The Balaban J connectivity index is 3.17. The second kappa shape index (κ2) is 3.81. The van der Waals surface area contributed by atoms with Crippen molar-refractivity contribution in [3.63, 3.8) is 0 Å². The SMILES string of the molecule is O=C(N=S(=O)=O)c1ccccc1O. The highest BCUT2D eigenvalue weighted by Crippen LogP contribution is 2.16. The van der Waals surface area contributed by atoms with Crippen LogP contribution in [0.3, 0.4) is 0 Å². The van der Waals surface area contributed by atoms with Crippen molar-refractivity contribution in [2.24, 2.45) is 4.36 Å². The fourth-order valence-corrected chi connectivity index (χ4v) is 1.01. The predicted octanol–water partition coefficient (Wildman–Crippen LogP) is 0.595. The molecule has 0 radical (unpaired) electrons. The van der Waals surface area contributed by atoms with Gasteiger partial charge in [0.1, 0.15) is 5.75 Å². The number of benzene rings is 1. The summed E-state index contributed by atoms with van der Waals surface area (Å²) in [6.45, 7) is 0. The van der Waals surface area contributed by atoms with Crippen LogP contribution in [0, 0.1) is 0 Å². The van der Waals surface area contributed by atoms with Gasteiger partial charge in [-0.1, -0.05) is 16.5 Å². The molecule has 6 heteroatoms. The Morgan fingerprint density at radius 2 is 1.92 bits per heavy atom. The molecule has 0 aliphatic rings. The summed E-state index contributed by atoms with van der Waals surface area (Å²) in [7, 11) is -2.79. The first kappa shape index (κ1) is 9.40. The van der Waals surface area contributed by atoms with E-state index < -0.39 is 16.4 Å². The third-order valence-corrected chi connectivity index (χ3v) is 1.61. The summed E-state index contributed by atoms with van der Waals surface area (Å²) in [5.74, 6) is -1.27. The van der Waals surface area contributed by atoms with E-state index >= 15 is 0 Å². The van der Waals surface area contributed by atoms with Crippen LogP contribution in [0.25, 0.3) is 0 Å². The minimum Gasteiger partial charge on any atom is -0.507 e. The van der Waals surface area contributed by atoms with Gasteiger partial charge in [-0.05, 0) is 12.1 Å². The molecule has 1 aromatic rings. The quantitative estimate of drug-likeness (QED) is 0.717. The maximum Gasteiger partial charge on any atom is 0.319 e. The fourth-order valence-electron chi connectivity index (χ4n) is 0.771. The number of carbonyl (C=O) groups is 1. The summed E-state index contributed by atoms with van der Waals surface area (Å²) in [6.07, 6.45) is 0. The molecular formula is C7H5NO4S. The summed E-state index contributed by atoms with van der Waals surface area (Å²) in [5, 5.41) is 9.11. The van der Waals surface area contributed by atoms with Gasteiger partial charge in [-0.15, -0.1) is 0 Å². The number of amides is 1. The first-order valence-corrected chi connectivity index (χ1v) is 4.28. The average molecular weight is 199 g/mol. The normalized spacial score (nSPS) is 9.23. The van der Waals surface area contributed by atoms with Crippen LogP contribution in [0.1, 0.15) is 10.4 Å². The van der Waals surface area contributed by atoms with E-state index in [1.165, 1.54) is 24.3 Å². The van der Waals surface area contributed by atoms with Crippen LogP contribution in [0.15, 0.2) is 28.6 Å². The summed E-state index contributed by atoms with van der Waals surface area (Å²) in [5.41, 5.74) is -0.133. The Labute approximate surface area is 75.3 Å².